The van der Waals surface area contributed by atoms with Gasteiger partial charge in [0.2, 0.25) is 0 Å². The molecule has 3 heteroatoms. The third-order valence-electron chi connectivity index (χ3n) is 5.97. The molecule has 0 amide bonds. The van der Waals surface area contributed by atoms with Gasteiger partial charge in [-0.25, -0.2) is 0 Å². The quantitative estimate of drug-likeness (QED) is 0.926. The van der Waals surface area contributed by atoms with Crippen LogP contribution in [0.1, 0.15) is 30.4 Å². The van der Waals surface area contributed by atoms with E-state index in [-0.39, 0.29) is 0 Å². The molecular weight excluding hydrogens is 308 g/mol. The lowest BCUT2D eigenvalue weighted by atomic mass is 9.77. The number of nitrogens with zero attached hydrogens (tertiary/aromatic N) is 2. The third kappa shape index (κ3) is 3.73. The molecule has 25 heavy (non-hydrogen) atoms. The summed E-state index contributed by atoms with van der Waals surface area (Å²) >= 11 is 0. The second-order valence-corrected chi connectivity index (χ2v) is 7.78. The molecule has 0 aliphatic carbocycles. The van der Waals surface area contributed by atoms with E-state index in [1.165, 1.54) is 30.6 Å². The lowest BCUT2D eigenvalue weighted by Gasteiger charge is -2.48. The molecule has 3 nitrogen and oxygen atoms in total. The van der Waals surface area contributed by atoms with E-state index in [4.69, 9.17) is 0 Å². The summed E-state index contributed by atoms with van der Waals surface area (Å²) < 4.78 is 0. The predicted molar refractivity (Wildman–Crippen MR) is 102 cm³/mol. The van der Waals surface area contributed by atoms with Crippen LogP contribution in [0.5, 0.6) is 5.75 Å². The Labute approximate surface area is 150 Å². The Bertz CT molecular complexity index is 702. The van der Waals surface area contributed by atoms with Crippen molar-refractivity contribution >= 4 is 0 Å². The van der Waals surface area contributed by atoms with Crippen LogP contribution in [0, 0.1) is 5.92 Å². The molecule has 0 radical (unpaired) electrons. The number of phenolic OH excluding ortho intramolecular Hbond substituents is 1. The average molecular weight is 336 g/mol. The molecule has 2 heterocycles. The van der Waals surface area contributed by atoms with Crippen molar-refractivity contribution in [2.45, 2.75) is 31.8 Å². The first kappa shape index (κ1) is 16.6. The van der Waals surface area contributed by atoms with Crippen LogP contribution in [-0.2, 0) is 6.54 Å². The van der Waals surface area contributed by atoms with Crippen LogP contribution in [-0.4, -0.2) is 47.1 Å². The normalized spacial score (nSPS) is 27.8. The van der Waals surface area contributed by atoms with Gasteiger partial charge < -0.3 is 5.11 Å². The minimum atomic E-state index is 0.390. The zero-order valence-corrected chi connectivity index (χ0v) is 15.0. The first-order valence-electron chi connectivity index (χ1n) is 9.48. The van der Waals surface area contributed by atoms with Crippen molar-refractivity contribution in [3.8, 4) is 5.75 Å². The van der Waals surface area contributed by atoms with E-state index < -0.39 is 0 Å². The molecular formula is C22H28N2O. The van der Waals surface area contributed by atoms with Crippen molar-refractivity contribution < 1.29 is 5.11 Å². The van der Waals surface area contributed by atoms with Gasteiger partial charge in [-0.15, -0.1) is 0 Å². The van der Waals surface area contributed by atoms with Gasteiger partial charge in [0.05, 0.1) is 0 Å². The molecule has 2 fully saturated rings. The summed E-state index contributed by atoms with van der Waals surface area (Å²) in [6.45, 7) is 8.07. The molecule has 0 aromatic heterocycles. The van der Waals surface area contributed by atoms with Crippen LogP contribution in [0.3, 0.4) is 0 Å². The number of fused-ring (bicyclic) bond motifs is 1. The third-order valence-corrected chi connectivity index (χ3v) is 5.97. The molecule has 132 valence electrons. The highest BCUT2D eigenvalue weighted by atomic mass is 16.3. The van der Waals surface area contributed by atoms with Crippen LogP contribution in [0.15, 0.2) is 54.6 Å². The number of hydrogen-bond acceptors (Lipinski definition) is 3. The summed E-state index contributed by atoms with van der Waals surface area (Å²) in [5.41, 5.74) is 2.71. The molecule has 0 spiro atoms. The standard InChI is InChI=1S/C22H28N2O/c1-17-14-24-11-10-23(15-18-6-3-2-4-7-18)16-20(24)13-22(17)19-8-5-9-21(25)12-19/h2-9,12,17,20,22,25H,10-11,13-16H2,1H3. The topological polar surface area (TPSA) is 26.7 Å². The Kier molecular flexibility index (Phi) is 4.78. The van der Waals surface area contributed by atoms with Gasteiger partial charge in [0.1, 0.15) is 5.75 Å². The monoisotopic (exact) mass is 336 g/mol. The molecule has 2 aromatic carbocycles. The van der Waals surface area contributed by atoms with Crippen molar-refractivity contribution in [3.63, 3.8) is 0 Å². The Balaban J connectivity index is 1.45. The minimum absolute atomic E-state index is 0.390. The summed E-state index contributed by atoms with van der Waals surface area (Å²) in [4.78, 5) is 5.29. The van der Waals surface area contributed by atoms with E-state index in [0.29, 0.717) is 23.6 Å². The summed E-state index contributed by atoms with van der Waals surface area (Å²) in [5.74, 6) is 1.57. The minimum Gasteiger partial charge on any atom is -0.508 e. The van der Waals surface area contributed by atoms with Gasteiger partial charge in [-0.3, -0.25) is 9.80 Å². The second kappa shape index (κ2) is 7.19. The Morgan fingerprint density at radius 1 is 1.00 bits per heavy atom. The maximum atomic E-state index is 9.85. The molecule has 3 atom stereocenters. The predicted octanol–water partition coefficient (Wildman–Crippen LogP) is 3.70. The highest BCUT2D eigenvalue weighted by Gasteiger charge is 2.37. The fourth-order valence-corrected chi connectivity index (χ4v) is 4.65. The van der Waals surface area contributed by atoms with Crippen LogP contribution in [0.25, 0.3) is 0 Å². The first-order chi connectivity index (χ1) is 12.2. The van der Waals surface area contributed by atoms with Gasteiger partial charge >= 0.3 is 0 Å². The van der Waals surface area contributed by atoms with Crippen molar-refractivity contribution in [1.82, 2.24) is 9.80 Å². The number of benzene rings is 2. The lowest BCUT2D eigenvalue weighted by Crippen LogP contribution is -2.57. The maximum absolute atomic E-state index is 9.85. The molecule has 2 aromatic rings. The maximum Gasteiger partial charge on any atom is 0.115 e. The number of rotatable bonds is 3. The molecule has 2 aliphatic heterocycles. The van der Waals surface area contributed by atoms with E-state index >= 15 is 0 Å². The zero-order valence-electron chi connectivity index (χ0n) is 15.0. The van der Waals surface area contributed by atoms with E-state index in [1.54, 1.807) is 6.07 Å². The summed E-state index contributed by atoms with van der Waals surface area (Å²) in [5, 5.41) is 9.85. The lowest BCUT2D eigenvalue weighted by molar-refractivity contribution is 0.0190. The Morgan fingerprint density at radius 3 is 2.64 bits per heavy atom. The summed E-state index contributed by atoms with van der Waals surface area (Å²) in [6, 6.07) is 19.3. The largest absolute Gasteiger partial charge is 0.508 e. The summed E-state index contributed by atoms with van der Waals surface area (Å²) in [6.07, 6.45) is 1.19. The average Bonchev–Trinajstić information content (AvgIpc) is 2.62. The van der Waals surface area contributed by atoms with Crippen molar-refractivity contribution in [3.05, 3.63) is 65.7 Å². The van der Waals surface area contributed by atoms with Crippen LogP contribution in [0.4, 0.5) is 0 Å². The number of hydrogen-bond donors (Lipinski definition) is 1. The van der Waals surface area contributed by atoms with Gasteiger partial charge in [0.25, 0.3) is 0 Å². The fourth-order valence-electron chi connectivity index (χ4n) is 4.65. The van der Waals surface area contributed by atoms with Crippen molar-refractivity contribution in [1.29, 1.82) is 0 Å². The van der Waals surface area contributed by atoms with Crippen molar-refractivity contribution in [2.24, 2.45) is 5.92 Å². The molecule has 2 saturated heterocycles. The summed E-state index contributed by atoms with van der Waals surface area (Å²) in [7, 11) is 0. The van der Waals surface area contributed by atoms with Crippen LogP contribution in [0.2, 0.25) is 0 Å². The molecule has 0 bridgehead atoms. The Hall–Kier alpha value is -1.84. The van der Waals surface area contributed by atoms with Crippen LogP contribution >= 0.6 is 0 Å². The number of piperazine rings is 1. The smallest absolute Gasteiger partial charge is 0.115 e. The Morgan fingerprint density at radius 2 is 1.84 bits per heavy atom. The molecule has 0 saturated carbocycles. The van der Waals surface area contributed by atoms with E-state index in [1.807, 2.05) is 12.1 Å². The van der Waals surface area contributed by atoms with Crippen molar-refractivity contribution in [2.75, 3.05) is 26.2 Å². The van der Waals surface area contributed by atoms with E-state index in [0.717, 1.165) is 19.6 Å². The second-order valence-electron chi connectivity index (χ2n) is 7.78. The van der Waals surface area contributed by atoms with Gasteiger partial charge in [0, 0.05) is 38.8 Å². The number of aromatic hydroxyl groups is 1. The van der Waals surface area contributed by atoms with Crippen LogP contribution < -0.4 is 0 Å². The zero-order chi connectivity index (χ0) is 17.2. The molecule has 2 aliphatic rings. The van der Waals surface area contributed by atoms with Gasteiger partial charge in [-0.2, -0.15) is 0 Å². The fraction of sp³-hybridized carbons (Fsp3) is 0.455. The number of piperidine rings is 1. The van der Waals surface area contributed by atoms with E-state index in [2.05, 4.69) is 53.1 Å². The SMILES string of the molecule is CC1CN2CCN(Cc3ccccc3)CC2CC1c1cccc(O)c1. The number of phenols is 1. The molecule has 4 rings (SSSR count). The van der Waals surface area contributed by atoms with Gasteiger partial charge in [-0.05, 0) is 41.5 Å². The highest BCUT2D eigenvalue weighted by Crippen LogP contribution is 2.38. The van der Waals surface area contributed by atoms with E-state index in [9.17, 15) is 5.11 Å². The molecule has 3 unspecified atom stereocenters. The highest BCUT2D eigenvalue weighted by molar-refractivity contribution is 5.30. The van der Waals surface area contributed by atoms with Gasteiger partial charge in [-0.1, -0.05) is 49.4 Å². The molecule has 1 N–H and O–H groups in total. The first-order valence-corrected chi connectivity index (χ1v) is 9.48. The van der Waals surface area contributed by atoms with Gasteiger partial charge in [0.15, 0.2) is 0 Å².